The van der Waals surface area contributed by atoms with Crippen LogP contribution in [0, 0.1) is 0 Å². The van der Waals surface area contributed by atoms with Crippen molar-refractivity contribution >= 4 is 5.78 Å². The standard InChI is InChI=1S/C10H11NO3/c12-8-3-7(4-11-5-8)9-6-14-2-1-10(9)13/h3-5,9,12H,1-2,6H2. The van der Waals surface area contributed by atoms with Gasteiger partial charge >= 0.3 is 0 Å². The number of hydrogen-bond donors (Lipinski definition) is 1. The molecule has 1 aliphatic heterocycles. The second-order valence-electron chi connectivity index (χ2n) is 3.32. The van der Waals surface area contributed by atoms with Gasteiger partial charge in [-0.3, -0.25) is 9.78 Å². The zero-order valence-corrected chi connectivity index (χ0v) is 7.64. The summed E-state index contributed by atoms with van der Waals surface area (Å²) in [5.41, 5.74) is 0.731. The van der Waals surface area contributed by atoms with Crippen LogP contribution in [-0.2, 0) is 9.53 Å². The van der Waals surface area contributed by atoms with Gasteiger partial charge in [0.05, 0.1) is 25.3 Å². The number of carbonyl (C=O) groups is 1. The van der Waals surface area contributed by atoms with Gasteiger partial charge in [-0.2, -0.15) is 0 Å². The van der Waals surface area contributed by atoms with E-state index in [0.717, 1.165) is 5.56 Å². The van der Waals surface area contributed by atoms with Gasteiger partial charge in [0, 0.05) is 12.6 Å². The van der Waals surface area contributed by atoms with E-state index in [2.05, 4.69) is 4.98 Å². The summed E-state index contributed by atoms with van der Waals surface area (Å²) in [7, 11) is 0. The molecule has 2 rings (SSSR count). The summed E-state index contributed by atoms with van der Waals surface area (Å²) < 4.78 is 5.22. The van der Waals surface area contributed by atoms with Gasteiger partial charge in [0.15, 0.2) is 0 Å². The fraction of sp³-hybridized carbons (Fsp3) is 0.400. The Bertz CT molecular complexity index is 351. The first-order valence-corrected chi connectivity index (χ1v) is 4.52. The van der Waals surface area contributed by atoms with Crippen molar-refractivity contribution in [2.45, 2.75) is 12.3 Å². The van der Waals surface area contributed by atoms with Crippen molar-refractivity contribution in [3.05, 3.63) is 24.0 Å². The third-order valence-electron chi connectivity index (χ3n) is 2.31. The van der Waals surface area contributed by atoms with E-state index in [4.69, 9.17) is 4.74 Å². The van der Waals surface area contributed by atoms with Crippen LogP contribution in [0.1, 0.15) is 17.9 Å². The largest absolute Gasteiger partial charge is 0.506 e. The van der Waals surface area contributed by atoms with Crippen LogP contribution in [0.2, 0.25) is 0 Å². The summed E-state index contributed by atoms with van der Waals surface area (Å²) in [6.45, 7) is 0.894. The minimum atomic E-state index is -0.261. The van der Waals surface area contributed by atoms with E-state index in [0.29, 0.717) is 19.6 Å². The van der Waals surface area contributed by atoms with Gasteiger partial charge in [0.2, 0.25) is 0 Å². The highest BCUT2D eigenvalue weighted by molar-refractivity contribution is 5.86. The maximum absolute atomic E-state index is 11.5. The summed E-state index contributed by atoms with van der Waals surface area (Å²) in [5, 5.41) is 9.22. The first-order chi connectivity index (χ1) is 6.77. The van der Waals surface area contributed by atoms with Crippen molar-refractivity contribution in [2.75, 3.05) is 13.2 Å². The molecule has 4 nitrogen and oxygen atoms in total. The monoisotopic (exact) mass is 193 g/mol. The van der Waals surface area contributed by atoms with Crippen LogP contribution in [0.5, 0.6) is 5.75 Å². The number of aromatic hydroxyl groups is 1. The van der Waals surface area contributed by atoms with Crippen molar-refractivity contribution in [3.63, 3.8) is 0 Å². The minimum Gasteiger partial charge on any atom is -0.506 e. The molecule has 14 heavy (non-hydrogen) atoms. The maximum atomic E-state index is 11.5. The lowest BCUT2D eigenvalue weighted by Crippen LogP contribution is -2.25. The lowest BCUT2D eigenvalue weighted by molar-refractivity contribution is -0.126. The van der Waals surface area contributed by atoms with Gasteiger partial charge in [-0.1, -0.05) is 0 Å². The Kier molecular flexibility index (Phi) is 2.45. The Balaban J connectivity index is 2.24. The predicted octanol–water partition coefficient (Wildman–Crippen LogP) is 0.860. The summed E-state index contributed by atoms with van der Waals surface area (Å²) in [6, 6.07) is 1.56. The molecule has 1 atom stereocenters. The fourth-order valence-corrected chi connectivity index (χ4v) is 1.56. The number of Topliss-reactive ketones (excluding diaryl/α,β-unsaturated/α-hetero) is 1. The van der Waals surface area contributed by atoms with Gasteiger partial charge in [0.25, 0.3) is 0 Å². The fourth-order valence-electron chi connectivity index (χ4n) is 1.56. The molecule has 1 N–H and O–H groups in total. The molecule has 0 saturated carbocycles. The number of hydrogen-bond acceptors (Lipinski definition) is 4. The Morgan fingerprint density at radius 1 is 1.50 bits per heavy atom. The number of nitrogens with zero attached hydrogens (tertiary/aromatic N) is 1. The molecular formula is C10H11NO3. The van der Waals surface area contributed by atoms with Gasteiger partial charge in [0.1, 0.15) is 11.5 Å². The van der Waals surface area contributed by atoms with Crippen LogP contribution in [0.25, 0.3) is 0 Å². The third-order valence-corrected chi connectivity index (χ3v) is 2.31. The normalized spacial score (nSPS) is 22.3. The zero-order valence-electron chi connectivity index (χ0n) is 7.64. The lowest BCUT2D eigenvalue weighted by atomic mass is 9.93. The molecule has 1 aromatic rings. The minimum absolute atomic E-state index is 0.0841. The van der Waals surface area contributed by atoms with E-state index in [1.165, 1.54) is 6.20 Å². The van der Waals surface area contributed by atoms with Crippen LogP contribution in [-0.4, -0.2) is 29.1 Å². The molecule has 1 fully saturated rings. The van der Waals surface area contributed by atoms with Crippen molar-refractivity contribution < 1.29 is 14.6 Å². The average molecular weight is 193 g/mol. The second kappa shape index (κ2) is 3.75. The molecule has 2 heterocycles. The molecule has 0 aromatic carbocycles. The molecule has 1 aliphatic rings. The Labute approximate surface area is 81.5 Å². The van der Waals surface area contributed by atoms with Gasteiger partial charge in [-0.05, 0) is 11.6 Å². The molecule has 1 saturated heterocycles. The summed E-state index contributed by atoms with van der Waals surface area (Å²) in [6.07, 6.45) is 3.38. The molecule has 1 unspecified atom stereocenters. The third kappa shape index (κ3) is 1.75. The number of carbonyl (C=O) groups excluding carboxylic acids is 1. The van der Waals surface area contributed by atoms with Crippen molar-refractivity contribution in [3.8, 4) is 5.75 Å². The summed E-state index contributed by atoms with van der Waals surface area (Å²) >= 11 is 0. The van der Waals surface area contributed by atoms with Crippen LogP contribution >= 0.6 is 0 Å². The topological polar surface area (TPSA) is 59.4 Å². The van der Waals surface area contributed by atoms with E-state index in [1.807, 2.05) is 0 Å². The first kappa shape index (κ1) is 9.15. The molecule has 0 radical (unpaired) electrons. The van der Waals surface area contributed by atoms with Crippen molar-refractivity contribution in [1.29, 1.82) is 0 Å². The van der Waals surface area contributed by atoms with Crippen LogP contribution in [0.4, 0.5) is 0 Å². The van der Waals surface area contributed by atoms with Crippen molar-refractivity contribution in [1.82, 2.24) is 4.98 Å². The molecule has 0 spiro atoms. The number of rotatable bonds is 1. The number of ketones is 1. The Morgan fingerprint density at radius 2 is 2.36 bits per heavy atom. The average Bonchev–Trinajstić information content (AvgIpc) is 2.18. The smallest absolute Gasteiger partial charge is 0.145 e. The number of aromatic nitrogens is 1. The summed E-state index contributed by atoms with van der Waals surface area (Å²) in [4.78, 5) is 15.4. The van der Waals surface area contributed by atoms with Gasteiger partial charge < -0.3 is 9.84 Å². The van der Waals surface area contributed by atoms with E-state index < -0.39 is 0 Å². The highest BCUT2D eigenvalue weighted by Gasteiger charge is 2.24. The van der Waals surface area contributed by atoms with Crippen LogP contribution in [0.3, 0.4) is 0 Å². The van der Waals surface area contributed by atoms with Gasteiger partial charge in [-0.15, -0.1) is 0 Å². The second-order valence-corrected chi connectivity index (χ2v) is 3.32. The molecule has 1 aromatic heterocycles. The maximum Gasteiger partial charge on any atom is 0.145 e. The highest BCUT2D eigenvalue weighted by Crippen LogP contribution is 2.23. The van der Waals surface area contributed by atoms with E-state index in [9.17, 15) is 9.90 Å². The molecule has 4 heteroatoms. The molecule has 0 aliphatic carbocycles. The SMILES string of the molecule is O=C1CCOCC1c1cncc(O)c1. The molecule has 0 amide bonds. The Hall–Kier alpha value is -1.42. The zero-order chi connectivity index (χ0) is 9.97. The van der Waals surface area contributed by atoms with E-state index >= 15 is 0 Å². The predicted molar refractivity (Wildman–Crippen MR) is 49.1 cm³/mol. The molecular weight excluding hydrogens is 182 g/mol. The summed E-state index contributed by atoms with van der Waals surface area (Å²) in [5.74, 6) is -0.0205. The lowest BCUT2D eigenvalue weighted by Gasteiger charge is -2.20. The highest BCUT2D eigenvalue weighted by atomic mass is 16.5. The Morgan fingerprint density at radius 3 is 3.07 bits per heavy atom. The number of ether oxygens (including phenoxy) is 1. The van der Waals surface area contributed by atoms with Crippen molar-refractivity contribution in [2.24, 2.45) is 0 Å². The van der Waals surface area contributed by atoms with Gasteiger partial charge in [-0.25, -0.2) is 0 Å². The quantitative estimate of drug-likeness (QED) is 0.718. The van der Waals surface area contributed by atoms with E-state index in [-0.39, 0.29) is 17.5 Å². The van der Waals surface area contributed by atoms with Crippen LogP contribution in [0.15, 0.2) is 18.5 Å². The first-order valence-electron chi connectivity index (χ1n) is 4.52. The van der Waals surface area contributed by atoms with E-state index in [1.54, 1.807) is 12.3 Å². The number of pyridine rings is 1. The van der Waals surface area contributed by atoms with Crippen LogP contribution < -0.4 is 0 Å². The molecule has 0 bridgehead atoms. The molecule has 74 valence electrons.